The number of halogens is 1. The first-order chi connectivity index (χ1) is 13.4. The van der Waals surface area contributed by atoms with Crippen molar-refractivity contribution < 1.29 is 9.21 Å². The van der Waals surface area contributed by atoms with E-state index in [-0.39, 0.29) is 11.8 Å². The molecule has 3 heterocycles. The molecule has 6 nitrogen and oxygen atoms in total. The fraction of sp³-hybridized carbons (Fsp3) is 0.381. The molecule has 2 aromatic heterocycles. The average Bonchev–Trinajstić information content (AvgIpc) is 2.99. The Morgan fingerprint density at radius 1 is 1.29 bits per heavy atom. The molecule has 1 fully saturated rings. The zero-order valence-electron chi connectivity index (χ0n) is 16.3. The van der Waals surface area contributed by atoms with Gasteiger partial charge in [0, 0.05) is 28.8 Å². The molecular formula is C21H23BrN4O2. The minimum Gasteiger partial charge on any atom is -0.443 e. The number of fused-ring (bicyclic) bond motifs is 1. The molecule has 0 radical (unpaired) electrons. The molecule has 0 unspecified atom stereocenters. The SMILES string of the molecule is Cc1cc(NC(=O)[C@@H]2CCCN(c3ncnc4oc(C)c(C)c34)C2)ccc1Br. The molecule has 0 bridgehead atoms. The van der Waals surface area contributed by atoms with Gasteiger partial charge in [0.15, 0.2) is 0 Å². The van der Waals surface area contributed by atoms with E-state index in [0.717, 1.165) is 57.6 Å². The van der Waals surface area contributed by atoms with Gasteiger partial charge in [0.05, 0.1) is 11.3 Å². The third kappa shape index (κ3) is 3.51. The van der Waals surface area contributed by atoms with Crippen LogP contribution in [0.2, 0.25) is 0 Å². The molecule has 1 aromatic carbocycles. The number of hydrogen-bond donors (Lipinski definition) is 1. The lowest BCUT2D eigenvalue weighted by atomic mass is 9.96. The van der Waals surface area contributed by atoms with E-state index in [1.54, 1.807) is 0 Å². The monoisotopic (exact) mass is 442 g/mol. The lowest BCUT2D eigenvalue weighted by Crippen LogP contribution is -2.41. The number of carbonyl (C=O) groups excluding carboxylic acids is 1. The quantitative estimate of drug-likeness (QED) is 0.632. The van der Waals surface area contributed by atoms with Crippen molar-refractivity contribution in [3.05, 3.63) is 45.9 Å². The summed E-state index contributed by atoms with van der Waals surface area (Å²) in [5.74, 6) is 1.68. The van der Waals surface area contributed by atoms with Crippen LogP contribution in [0.3, 0.4) is 0 Å². The molecule has 7 heteroatoms. The van der Waals surface area contributed by atoms with Gasteiger partial charge in [-0.05, 0) is 57.4 Å². The van der Waals surface area contributed by atoms with Gasteiger partial charge in [-0.3, -0.25) is 4.79 Å². The molecule has 146 valence electrons. The van der Waals surface area contributed by atoms with Crippen molar-refractivity contribution in [2.45, 2.75) is 33.6 Å². The molecule has 28 heavy (non-hydrogen) atoms. The maximum Gasteiger partial charge on any atom is 0.231 e. The van der Waals surface area contributed by atoms with Crippen molar-refractivity contribution in [1.82, 2.24) is 9.97 Å². The predicted molar refractivity (Wildman–Crippen MR) is 114 cm³/mol. The third-order valence-electron chi connectivity index (χ3n) is 5.46. The molecule has 1 amide bonds. The molecule has 0 saturated carbocycles. The molecule has 1 N–H and O–H groups in total. The number of piperidine rings is 1. The lowest BCUT2D eigenvalue weighted by Gasteiger charge is -2.33. The Hall–Kier alpha value is -2.41. The van der Waals surface area contributed by atoms with E-state index in [9.17, 15) is 4.79 Å². The van der Waals surface area contributed by atoms with Crippen LogP contribution in [0.25, 0.3) is 11.1 Å². The topological polar surface area (TPSA) is 71.3 Å². The Labute approximate surface area is 172 Å². The summed E-state index contributed by atoms with van der Waals surface area (Å²) in [4.78, 5) is 23.8. The second-order valence-electron chi connectivity index (χ2n) is 7.40. The number of furan rings is 1. The Morgan fingerprint density at radius 2 is 2.11 bits per heavy atom. The number of nitrogens with zero attached hydrogens (tertiary/aromatic N) is 3. The first-order valence-electron chi connectivity index (χ1n) is 9.46. The number of benzene rings is 1. The van der Waals surface area contributed by atoms with E-state index in [1.165, 1.54) is 6.33 Å². The minimum atomic E-state index is -0.0870. The zero-order valence-corrected chi connectivity index (χ0v) is 17.8. The zero-order chi connectivity index (χ0) is 19.8. The van der Waals surface area contributed by atoms with Crippen LogP contribution in [0, 0.1) is 26.7 Å². The van der Waals surface area contributed by atoms with Crippen LogP contribution >= 0.6 is 15.9 Å². The standard InChI is InChI=1S/C21H23BrN4O2/c1-12-9-16(6-7-17(12)22)25-20(27)15-5-4-8-26(10-15)19-18-13(2)14(3)28-21(18)24-11-23-19/h6-7,9,11,15H,4-5,8,10H2,1-3H3,(H,25,27)/t15-/m1/s1. The highest BCUT2D eigenvalue weighted by molar-refractivity contribution is 9.10. The summed E-state index contributed by atoms with van der Waals surface area (Å²) >= 11 is 3.49. The Morgan fingerprint density at radius 3 is 2.89 bits per heavy atom. The van der Waals surface area contributed by atoms with Gasteiger partial charge in [0.1, 0.15) is 17.9 Å². The number of rotatable bonds is 3. The van der Waals surface area contributed by atoms with Gasteiger partial charge in [-0.1, -0.05) is 15.9 Å². The van der Waals surface area contributed by atoms with Crippen molar-refractivity contribution in [3.8, 4) is 0 Å². The van der Waals surface area contributed by atoms with Crippen molar-refractivity contribution in [2.75, 3.05) is 23.3 Å². The summed E-state index contributed by atoms with van der Waals surface area (Å²) in [6.07, 6.45) is 3.35. The van der Waals surface area contributed by atoms with Gasteiger partial charge in [0.25, 0.3) is 0 Å². The van der Waals surface area contributed by atoms with Gasteiger partial charge in [-0.2, -0.15) is 0 Å². The summed E-state index contributed by atoms with van der Waals surface area (Å²) in [6, 6.07) is 5.86. The molecule has 1 saturated heterocycles. The van der Waals surface area contributed by atoms with Gasteiger partial charge in [-0.25, -0.2) is 9.97 Å². The maximum absolute atomic E-state index is 12.9. The Bertz CT molecular complexity index is 1050. The molecule has 0 aliphatic carbocycles. The number of nitrogens with one attached hydrogen (secondary N) is 1. The van der Waals surface area contributed by atoms with E-state index in [0.29, 0.717) is 12.3 Å². The van der Waals surface area contributed by atoms with Crippen molar-refractivity contribution >= 4 is 44.4 Å². The first kappa shape index (κ1) is 18.9. The highest BCUT2D eigenvalue weighted by Gasteiger charge is 2.28. The molecular weight excluding hydrogens is 420 g/mol. The fourth-order valence-corrected chi connectivity index (χ4v) is 4.00. The van der Waals surface area contributed by atoms with Crippen LogP contribution in [-0.2, 0) is 4.79 Å². The lowest BCUT2D eigenvalue weighted by molar-refractivity contribution is -0.120. The number of anilines is 2. The van der Waals surface area contributed by atoms with Crippen LogP contribution < -0.4 is 10.2 Å². The number of hydrogen-bond acceptors (Lipinski definition) is 5. The van der Waals surface area contributed by atoms with Crippen molar-refractivity contribution in [1.29, 1.82) is 0 Å². The predicted octanol–water partition coefficient (Wildman–Crippen LogP) is 4.77. The second kappa shape index (κ2) is 7.54. The van der Waals surface area contributed by atoms with Gasteiger partial charge < -0.3 is 14.6 Å². The summed E-state index contributed by atoms with van der Waals surface area (Å²) in [5.41, 5.74) is 3.59. The van der Waals surface area contributed by atoms with Crippen molar-refractivity contribution in [3.63, 3.8) is 0 Å². The number of aromatic nitrogens is 2. The van der Waals surface area contributed by atoms with Crippen LogP contribution in [0.15, 0.2) is 33.4 Å². The average molecular weight is 443 g/mol. The molecule has 1 atom stereocenters. The molecule has 1 aliphatic heterocycles. The van der Waals surface area contributed by atoms with Crippen LogP contribution in [0.1, 0.15) is 29.7 Å². The minimum absolute atomic E-state index is 0.0526. The fourth-order valence-electron chi connectivity index (χ4n) is 3.75. The highest BCUT2D eigenvalue weighted by atomic mass is 79.9. The van der Waals surface area contributed by atoms with E-state index in [2.05, 4.69) is 36.1 Å². The van der Waals surface area contributed by atoms with E-state index in [1.807, 2.05) is 39.0 Å². The normalized spacial score (nSPS) is 17.1. The summed E-state index contributed by atoms with van der Waals surface area (Å²) < 4.78 is 6.78. The maximum atomic E-state index is 12.9. The number of amides is 1. The molecule has 0 spiro atoms. The Kier molecular flexibility index (Phi) is 5.10. The van der Waals surface area contributed by atoms with E-state index >= 15 is 0 Å². The summed E-state index contributed by atoms with van der Waals surface area (Å²) in [7, 11) is 0. The largest absolute Gasteiger partial charge is 0.443 e. The summed E-state index contributed by atoms with van der Waals surface area (Å²) in [6.45, 7) is 7.48. The van der Waals surface area contributed by atoms with Crippen molar-refractivity contribution in [2.24, 2.45) is 5.92 Å². The van der Waals surface area contributed by atoms with Gasteiger partial charge in [0.2, 0.25) is 11.6 Å². The Balaban J connectivity index is 1.55. The molecule has 3 aromatic rings. The first-order valence-corrected chi connectivity index (χ1v) is 10.3. The van der Waals surface area contributed by atoms with Crippen LogP contribution in [0.5, 0.6) is 0 Å². The molecule has 1 aliphatic rings. The third-order valence-corrected chi connectivity index (χ3v) is 6.35. The van der Waals surface area contributed by atoms with Gasteiger partial charge in [-0.15, -0.1) is 0 Å². The van der Waals surface area contributed by atoms with Gasteiger partial charge >= 0.3 is 0 Å². The molecule has 4 rings (SSSR count). The smallest absolute Gasteiger partial charge is 0.231 e. The number of aryl methyl sites for hydroxylation is 3. The number of carbonyl (C=O) groups is 1. The van der Waals surface area contributed by atoms with Crippen LogP contribution in [-0.4, -0.2) is 29.0 Å². The highest BCUT2D eigenvalue weighted by Crippen LogP contribution is 2.33. The second-order valence-corrected chi connectivity index (χ2v) is 8.25. The summed E-state index contributed by atoms with van der Waals surface area (Å²) in [5, 5.41) is 4.02. The van der Waals surface area contributed by atoms with E-state index < -0.39 is 0 Å². The van der Waals surface area contributed by atoms with E-state index in [4.69, 9.17) is 4.42 Å². The van der Waals surface area contributed by atoms with Crippen LogP contribution in [0.4, 0.5) is 11.5 Å².